The summed E-state index contributed by atoms with van der Waals surface area (Å²) in [5, 5.41) is 1.02. The summed E-state index contributed by atoms with van der Waals surface area (Å²) in [6, 6.07) is 12.5. The van der Waals surface area contributed by atoms with Crippen molar-refractivity contribution in [1.29, 1.82) is 0 Å². The number of ether oxygens (including phenoxy) is 1. The number of carbonyl (C=O) groups excluding carboxylic acids is 1. The van der Waals surface area contributed by atoms with Crippen molar-refractivity contribution in [2.75, 3.05) is 6.61 Å². The summed E-state index contributed by atoms with van der Waals surface area (Å²) in [6.45, 7) is 1.29. The van der Waals surface area contributed by atoms with Crippen LogP contribution in [0, 0.1) is 0 Å². The molecule has 0 bridgehead atoms. The van der Waals surface area contributed by atoms with Gasteiger partial charge in [-0.15, -0.1) is 0 Å². The summed E-state index contributed by atoms with van der Waals surface area (Å²) in [5.41, 5.74) is -2.04. The minimum atomic E-state index is -5.00. The third-order valence-corrected chi connectivity index (χ3v) is 7.86. The minimum Gasteiger partial charge on any atom is -0.463 e. The molecule has 13 heteroatoms. The van der Waals surface area contributed by atoms with Crippen LogP contribution in [0.2, 0.25) is 15.1 Å². The summed E-state index contributed by atoms with van der Waals surface area (Å²) < 4.78 is 54.5. The van der Waals surface area contributed by atoms with Crippen LogP contribution in [-0.4, -0.2) is 23.3 Å². The maximum Gasteiger partial charge on any atom is 0.434 e. The maximum absolute atomic E-state index is 14.2. The van der Waals surface area contributed by atoms with Crippen molar-refractivity contribution in [3.05, 3.63) is 112 Å². The van der Waals surface area contributed by atoms with E-state index in [1.807, 2.05) is 0 Å². The number of halogens is 6. The van der Waals surface area contributed by atoms with Gasteiger partial charge in [-0.2, -0.15) is 13.2 Å². The zero-order chi connectivity index (χ0) is 28.8. The molecule has 0 spiro atoms. The Morgan fingerprint density at radius 1 is 1.10 bits per heavy atom. The number of nitrogens with zero attached hydrogens (tertiary/aromatic N) is 2. The number of aromatic nitrogens is 1. The first-order chi connectivity index (χ1) is 19.0. The van der Waals surface area contributed by atoms with Gasteiger partial charge in [-0.3, -0.25) is 9.36 Å². The molecule has 4 aromatic rings. The summed E-state index contributed by atoms with van der Waals surface area (Å²) in [6.07, 6.45) is -3.61. The van der Waals surface area contributed by atoms with Crippen molar-refractivity contribution < 1.29 is 27.1 Å². The largest absolute Gasteiger partial charge is 0.463 e. The molecule has 3 heterocycles. The van der Waals surface area contributed by atoms with E-state index in [0.29, 0.717) is 26.4 Å². The molecule has 5 rings (SSSR count). The molecule has 2 aromatic carbocycles. The lowest BCUT2D eigenvalue weighted by Crippen LogP contribution is -2.41. The fraction of sp³-hybridized carbons (Fsp3) is 0.148. The normalized spacial score (nSPS) is 15.7. The van der Waals surface area contributed by atoms with E-state index in [4.69, 9.17) is 44.0 Å². The van der Waals surface area contributed by atoms with Crippen LogP contribution in [0.4, 0.5) is 13.2 Å². The van der Waals surface area contributed by atoms with Crippen LogP contribution < -0.4 is 14.9 Å². The molecule has 206 valence electrons. The van der Waals surface area contributed by atoms with Gasteiger partial charge < -0.3 is 9.15 Å². The summed E-state index contributed by atoms with van der Waals surface area (Å²) in [5.74, 6) is -0.541. The fourth-order valence-corrected chi connectivity index (χ4v) is 5.57. The molecule has 1 aliphatic rings. The number of thiazole rings is 1. The molecule has 0 unspecified atom stereocenters. The zero-order valence-electron chi connectivity index (χ0n) is 20.3. The second-order valence-electron chi connectivity index (χ2n) is 8.45. The highest BCUT2D eigenvalue weighted by Gasteiger charge is 2.45. The molecule has 6 nitrogen and oxygen atoms in total. The van der Waals surface area contributed by atoms with E-state index in [2.05, 4.69) is 4.99 Å². The molecule has 0 radical (unpaired) electrons. The summed E-state index contributed by atoms with van der Waals surface area (Å²) in [4.78, 5) is 30.0. The van der Waals surface area contributed by atoms with Crippen LogP contribution in [-0.2, 0) is 9.53 Å². The van der Waals surface area contributed by atoms with Crippen LogP contribution in [0.3, 0.4) is 0 Å². The second-order valence-corrected chi connectivity index (χ2v) is 10.7. The van der Waals surface area contributed by atoms with Crippen LogP contribution in [0.5, 0.6) is 0 Å². The highest BCUT2D eigenvalue weighted by molar-refractivity contribution is 7.07. The third-order valence-electron chi connectivity index (χ3n) is 5.88. The number of hydrogen-bond acceptors (Lipinski definition) is 6. The topological polar surface area (TPSA) is 73.8 Å². The highest BCUT2D eigenvalue weighted by Crippen LogP contribution is 2.38. The Kier molecular flexibility index (Phi) is 7.71. The van der Waals surface area contributed by atoms with Gasteiger partial charge in [-0.05, 0) is 55.0 Å². The van der Waals surface area contributed by atoms with Crippen LogP contribution >= 0.6 is 46.1 Å². The van der Waals surface area contributed by atoms with E-state index in [1.54, 1.807) is 30.3 Å². The summed E-state index contributed by atoms with van der Waals surface area (Å²) >= 11 is 18.8. The Bertz CT molecular complexity index is 1840. The van der Waals surface area contributed by atoms with E-state index in [0.717, 1.165) is 15.9 Å². The molecular formula is C27H16Cl3F3N2O4S. The minimum absolute atomic E-state index is 0.0411. The Morgan fingerprint density at radius 2 is 1.82 bits per heavy atom. The number of rotatable bonds is 5. The average Bonchev–Trinajstić information content (AvgIpc) is 3.49. The van der Waals surface area contributed by atoms with Crippen LogP contribution in [0.25, 0.3) is 17.4 Å². The first kappa shape index (κ1) is 28.2. The predicted molar refractivity (Wildman–Crippen MR) is 146 cm³/mol. The monoisotopic (exact) mass is 626 g/mol. The van der Waals surface area contributed by atoms with Crippen molar-refractivity contribution in [3.8, 4) is 11.3 Å². The lowest BCUT2D eigenvalue weighted by molar-refractivity contribution is -0.140. The number of furan rings is 1. The molecule has 0 saturated heterocycles. The average molecular weight is 628 g/mol. The smallest absolute Gasteiger partial charge is 0.434 e. The van der Waals surface area contributed by atoms with Gasteiger partial charge in [0.25, 0.3) is 5.56 Å². The number of benzene rings is 2. The maximum atomic E-state index is 14.2. The van der Waals surface area contributed by atoms with Gasteiger partial charge in [0.15, 0.2) is 10.5 Å². The molecular weight excluding hydrogens is 612 g/mol. The van der Waals surface area contributed by atoms with Crippen LogP contribution in [0.15, 0.2) is 80.1 Å². The Balaban J connectivity index is 1.70. The van der Waals surface area contributed by atoms with E-state index in [9.17, 15) is 22.8 Å². The molecule has 1 aliphatic heterocycles. The number of esters is 1. The van der Waals surface area contributed by atoms with Gasteiger partial charge >= 0.3 is 12.1 Å². The van der Waals surface area contributed by atoms with E-state index >= 15 is 0 Å². The Hall–Kier alpha value is -3.31. The van der Waals surface area contributed by atoms with E-state index in [1.165, 1.54) is 37.3 Å². The standard InChI is InChI=1S/C27H16Cl3F3N2O4S/c1-2-38-25(37)21-22(13-3-6-15(28)7-4-13)35-24(36)20(40-26(35)34-23(21)27(31,32)33)12-16-8-10-19(39-16)14-5-9-17(29)18(30)11-14/h3-12,22H,2H2,1H3/b20-12-/t22-/m0/s1. The SMILES string of the molecule is CCOC(=O)C1=C(C(F)(F)F)N=c2s/c(=C\c3ccc(-c4ccc(Cl)c(Cl)c4)o3)c(=O)n2[C@H]1c1ccc(Cl)cc1. The van der Waals surface area contributed by atoms with Crippen molar-refractivity contribution in [2.24, 2.45) is 4.99 Å². The van der Waals surface area contributed by atoms with Gasteiger partial charge in [0, 0.05) is 16.7 Å². The van der Waals surface area contributed by atoms with Crippen molar-refractivity contribution in [1.82, 2.24) is 4.57 Å². The van der Waals surface area contributed by atoms with Crippen molar-refractivity contribution >= 4 is 58.2 Å². The molecule has 0 amide bonds. The quantitative estimate of drug-likeness (QED) is 0.235. The van der Waals surface area contributed by atoms with Crippen molar-refractivity contribution in [2.45, 2.75) is 19.1 Å². The molecule has 0 saturated carbocycles. The van der Waals surface area contributed by atoms with Crippen molar-refractivity contribution in [3.63, 3.8) is 0 Å². The number of carbonyl (C=O) groups is 1. The zero-order valence-corrected chi connectivity index (χ0v) is 23.3. The molecule has 1 atom stereocenters. The number of hydrogen-bond donors (Lipinski definition) is 0. The van der Waals surface area contributed by atoms with Gasteiger partial charge in [0.05, 0.1) is 32.8 Å². The molecule has 0 N–H and O–H groups in total. The van der Waals surface area contributed by atoms with Gasteiger partial charge in [0.1, 0.15) is 11.5 Å². The molecule has 0 aliphatic carbocycles. The number of fused-ring (bicyclic) bond motifs is 1. The summed E-state index contributed by atoms with van der Waals surface area (Å²) in [7, 11) is 0. The van der Waals surface area contributed by atoms with Gasteiger partial charge in [0.2, 0.25) is 0 Å². The van der Waals surface area contributed by atoms with Gasteiger partial charge in [-0.1, -0.05) is 58.3 Å². The molecule has 40 heavy (non-hydrogen) atoms. The Morgan fingerprint density at radius 3 is 2.48 bits per heavy atom. The van der Waals surface area contributed by atoms with Gasteiger partial charge in [-0.25, -0.2) is 9.79 Å². The van der Waals surface area contributed by atoms with E-state index < -0.39 is 35.0 Å². The van der Waals surface area contributed by atoms with Crippen LogP contribution in [0.1, 0.15) is 24.3 Å². The Labute approximate surface area is 243 Å². The third kappa shape index (κ3) is 5.36. The predicted octanol–water partition coefficient (Wildman–Crippen LogP) is 6.56. The fourth-order valence-electron chi connectivity index (χ4n) is 4.17. The van der Waals surface area contributed by atoms with E-state index in [-0.39, 0.29) is 27.3 Å². The second kappa shape index (κ2) is 10.9. The molecule has 0 fully saturated rings. The number of alkyl halides is 3. The number of allylic oxidation sites excluding steroid dienone is 1. The first-order valence-corrected chi connectivity index (χ1v) is 13.5. The highest BCUT2D eigenvalue weighted by atomic mass is 35.5. The lowest BCUT2D eigenvalue weighted by Gasteiger charge is -2.26. The first-order valence-electron chi connectivity index (χ1n) is 11.6. The molecule has 2 aromatic heterocycles. The lowest BCUT2D eigenvalue weighted by atomic mass is 9.95.